The van der Waals surface area contributed by atoms with Gasteiger partial charge in [-0.3, -0.25) is 0 Å². The average molecular weight is 211 g/mol. The lowest BCUT2D eigenvalue weighted by Gasteiger charge is -1.98. The summed E-state index contributed by atoms with van der Waals surface area (Å²) in [6.45, 7) is 4.17. The van der Waals surface area contributed by atoms with Crippen molar-refractivity contribution in [3.8, 4) is 0 Å². The lowest BCUT2D eigenvalue weighted by molar-refractivity contribution is 0.0554. The van der Waals surface area contributed by atoms with Gasteiger partial charge in [0.05, 0.1) is 11.2 Å². The van der Waals surface area contributed by atoms with E-state index in [0.29, 0.717) is 11.5 Å². The third-order valence-electron chi connectivity index (χ3n) is 1.64. The standard InChI is InChI=1S/C10H13NO2S/c1-3-4-5-6-13-10(12)9-8(2)11-7-14-9/h4-5,7H,3,6H2,1-2H3. The molecule has 1 aromatic rings. The fourth-order valence-electron chi connectivity index (χ4n) is 0.922. The highest BCUT2D eigenvalue weighted by Crippen LogP contribution is 2.13. The minimum Gasteiger partial charge on any atom is -0.457 e. The quantitative estimate of drug-likeness (QED) is 0.567. The van der Waals surface area contributed by atoms with Gasteiger partial charge in [0.15, 0.2) is 0 Å². The number of thiazole rings is 1. The van der Waals surface area contributed by atoms with E-state index in [2.05, 4.69) is 4.98 Å². The molecule has 0 bridgehead atoms. The topological polar surface area (TPSA) is 39.2 Å². The van der Waals surface area contributed by atoms with Crippen LogP contribution in [0.15, 0.2) is 17.7 Å². The predicted molar refractivity (Wildman–Crippen MR) is 56.6 cm³/mol. The molecule has 1 rings (SSSR count). The first-order valence-electron chi connectivity index (χ1n) is 4.48. The number of rotatable bonds is 4. The molecule has 14 heavy (non-hydrogen) atoms. The van der Waals surface area contributed by atoms with Crippen LogP contribution in [0.1, 0.15) is 28.7 Å². The first-order valence-corrected chi connectivity index (χ1v) is 5.36. The van der Waals surface area contributed by atoms with E-state index in [4.69, 9.17) is 4.74 Å². The Morgan fingerprint density at radius 1 is 1.64 bits per heavy atom. The molecule has 0 aliphatic heterocycles. The summed E-state index contributed by atoms with van der Waals surface area (Å²) in [7, 11) is 0. The first kappa shape index (κ1) is 10.9. The molecule has 0 N–H and O–H groups in total. The molecule has 0 radical (unpaired) electrons. The molecule has 0 atom stereocenters. The third-order valence-corrected chi connectivity index (χ3v) is 2.55. The highest BCUT2D eigenvalue weighted by Gasteiger charge is 2.11. The summed E-state index contributed by atoms with van der Waals surface area (Å²) >= 11 is 1.31. The molecule has 76 valence electrons. The molecule has 0 spiro atoms. The molecular formula is C10H13NO2S. The minimum absolute atomic E-state index is 0.286. The van der Waals surface area contributed by atoms with Crippen LogP contribution in [0, 0.1) is 6.92 Å². The molecule has 0 saturated heterocycles. The maximum absolute atomic E-state index is 11.4. The Labute approximate surface area is 87.4 Å². The van der Waals surface area contributed by atoms with Crippen molar-refractivity contribution in [1.82, 2.24) is 4.98 Å². The van der Waals surface area contributed by atoms with E-state index in [9.17, 15) is 4.79 Å². The number of carbonyl (C=O) groups is 1. The smallest absolute Gasteiger partial charge is 0.350 e. The summed E-state index contributed by atoms with van der Waals surface area (Å²) in [5, 5.41) is 0. The Kier molecular flexibility index (Phi) is 4.32. The second kappa shape index (κ2) is 5.54. The number of esters is 1. The van der Waals surface area contributed by atoms with Crippen LogP contribution in [-0.4, -0.2) is 17.6 Å². The summed E-state index contributed by atoms with van der Waals surface area (Å²) in [6.07, 6.45) is 4.76. The Morgan fingerprint density at radius 2 is 2.43 bits per heavy atom. The van der Waals surface area contributed by atoms with E-state index in [-0.39, 0.29) is 5.97 Å². The van der Waals surface area contributed by atoms with Gasteiger partial charge in [-0.25, -0.2) is 9.78 Å². The van der Waals surface area contributed by atoms with Crippen LogP contribution in [0.25, 0.3) is 0 Å². The first-order chi connectivity index (χ1) is 6.75. The Balaban J connectivity index is 2.44. The molecular weight excluding hydrogens is 198 g/mol. The van der Waals surface area contributed by atoms with Crippen molar-refractivity contribution in [3.63, 3.8) is 0 Å². The van der Waals surface area contributed by atoms with Gasteiger partial charge in [-0.2, -0.15) is 0 Å². The van der Waals surface area contributed by atoms with E-state index < -0.39 is 0 Å². The zero-order valence-electron chi connectivity index (χ0n) is 8.32. The summed E-state index contributed by atoms with van der Waals surface area (Å²) in [4.78, 5) is 16.0. The second-order valence-corrected chi connectivity index (χ2v) is 3.60. The van der Waals surface area contributed by atoms with Crippen LogP contribution in [0.5, 0.6) is 0 Å². The highest BCUT2D eigenvalue weighted by molar-refractivity contribution is 7.11. The monoisotopic (exact) mass is 211 g/mol. The Hall–Kier alpha value is -1.16. The van der Waals surface area contributed by atoms with Crippen LogP contribution in [0.2, 0.25) is 0 Å². The van der Waals surface area contributed by atoms with Gasteiger partial charge >= 0.3 is 5.97 Å². The van der Waals surface area contributed by atoms with Crippen molar-refractivity contribution < 1.29 is 9.53 Å². The SMILES string of the molecule is CCC=CCOC(=O)c1scnc1C. The largest absolute Gasteiger partial charge is 0.457 e. The van der Waals surface area contributed by atoms with Crippen LogP contribution < -0.4 is 0 Å². The van der Waals surface area contributed by atoms with Crippen molar-refractivity contribution in [2.24, 2.45) is 0 Å². The molecule has 0 aliphatic carbocycles. The van der Waals surface area contributed by atoms with Crippen molar-refractivity contribution >= 4 is 17.3 Å². The van der Waals surface area contributed by atoms with Gasteiger partial charge in [-0.15, -0.1) is 11.3 Å². The number of aromatic nitrogens is 1. The number of aryl methyl sites for hydroxylation is 1. The lowest BCUT2D eigenvalue weighted by atomic mass is 10.4. The second-order valence-electron chi connectivity index (χ2n) is 2.75. The maximum atomic E-state index is 11.4. The molecule has 0 amide bonds. The van der Waals surface area contributed by atoms with Crippen LogP contribution in [0.3, 0.4) is 0 Å². The summed E-state index contributed by atoms with van der Waals surface area (Å²) < 4.78 is 5.01. The average Bonchev–Trinajstić information content (AvgIpc) is 2.59. The van der Waals surface area contributed by atoms with Crippen molar-refractivity contribution in [1.29, 1.82) is 0 Å². The normalized spacial score (nSPS) is 10.7. The summed E-state index contributed by atoms with van der Waals surface area (Å²) in [5.74, 6) is -0.286. The Bertz CT molecular complexity index is 331. The highest BCUT2D eigenvalue weighted by atomic mass is 32.1. The van der Waals surface area contributed by atoms with Crippen molar-refractivity contribution in [3.05, 3.63) is 28.2 Å². The minimum atomic E-state index is -0.286. The van der Waals surface area contributed by atoms with Gasteiger partial charge in [-0.1, -0.05) is 19.1 Å². The van der Waals surface area contributed by atoms with Crippen LogP contribution >= 0.6 is 11.3 Å². The van der Waals surface area contributed by atoms with E-state index >= 15 is 0 Å². The Morgan fingerprint density at radius 3 is 3.00 bits per heavy atom. The van der Waals surface area contributed by atoms with Crippen LogP contribution in [0.4, 0.5) is 0 Å². The number of carbonyl (C=O) groups excluding carboxylic acids is 1. The van der Waals surface area contributed by atoms with Crippen LogP contribution in [-0.2, 0) is 4.74 Å². The maximum Gasteiger partial charge on any atom is 0.350 e. The third kappa shape index (κ3) is 2.96. The van der Waals surface area contributed by atoms with Gasteiger partial charge < -0.3 is 4.74 Å². The molecule has 4 heteroatoms. The summed E-state index contributed by atoms with van der Waals surface area (Å²) in [5.41, 5.74) is 2.38. The van der Waals surface area contributed by atoms with Gasteiger partial charge in [0.1, 0.15) is 11.5 Å². The van der Waals surface area contributed by atoms with Gasteiger partial charge in [0.25, 0.3) is 0 Å². The van der Waals surface area contributed by atoms with E-state index in [0.717, 1.165) is 12.1 Å². The molecule has 0 fully saturated rings. The van der Waals surface area contributed by atoms with Gasteiger partial charge in [0, 0.05) is 0 Å². The fourth-order valence-corrected chi connectivity index (χ4v) is 1.62. The van der Waals surface area contributed by atoms with Crippen molar-refractivity contribution in [2.75, 3.05) is 6.61 Å². The molecule has 0 unspecified atom stereocenters. The zero-order chi connectivity index (χ0) is 10.4. The van der Waals surface area contributed by atoms with E-state index in [1.165, 1.54) is 11.3 Å². The molecule has 1 heterocycles. The number of ether oxygens (including phenoxy) is 1. The zero-order valence-corrected chi connectivity index (χ0v) is 9.13. The van der Waals surface area contributed by atoms with Gasteiger partial charge in [0.2, 0.25) is 0 Å². The van der Waals surface area contributed by atoms with Crippen molar-refractivity contribution in [2.45, 2.75) is 20.3 Å². The number of hydrogen-bond acceptors (Lipinski definition) is 4. The number of hydrogen-bond donors (Lipinski definition) is 0. The molecule has 0 aromatic carbocycles. The van der Waals surface area contributed by atoms with E-state index in [1.807, 2.05) is 19.1 Å². The molecule has 3 nitrogen and oxygen atoms in total. The summed E-state index contributed by atoms with van der Waals surface area (Å²) in [6, 6.07) is 0. The molecule has 0 aliphatic rings. The fraction of sp³-hybridized carbons (Fsp3) is 0.400. The van der Waals surface area contributed by atoms with Gasteiger partial charge in [-0.05, 0) is 13.3 Å². The van der Waals surface area contributed by atoms with E-state index in [1.54, 1.807) is 12.4 Å². The molecule has 1 aromatic heterocycles. The number of nitrogens with zero attached hydrogens (tertiary/aromatic N) is 1. The predicted octanol–water partition coefficient (Wildman–Crippen LogP) is 2.57. The molecule has 0 saturated carbocycles. The lowest BCUT2D eigenvalue weighted by Crippen LogP contribution is -2.04. The number of allylic oxidation sites excluding steroid dienone is 1.